The third kappa shape index (κ3) is 7.01. The van der Waals surface area contributed by atoms with Gasteiger partial charge in [-0.2, -0.15) is 0 Å². The highest BCUT2D eigenvalue weighted by atomic mass is 79.9. The number of fused-ring (bicyclic) bond motifs is 3. The van der Waals surface area contributed by atoms with E-state index in [0.29, 0.717) is 50.7 Å². The molecule has 53 heavy (non-hydrogen) atoms. The molecule has 2 aliphatic heterocycles. The second-order valence-electron chi connectivity index (χ2n) is 13.1. The summed E-state index contributed by atoms with van der Waals surface area (Å²) >= 11 is 3.51. The van der Waals surface area contributed by atoms with Gasteiger partial charge in [0.2, 0.25) is 5.91 Å². The lowest BCUT2D eigenvalue weighted by atomic mass is 9.83. The van der Waals surface area contributed by atoms with E-state index in [0.717, 1.165) is 11.1 Å². The zero-order valence-corrected chi connectivity index (χ0v) is 30.6. The van der Waals surface area contributed by atoms with Gasteiger partial charge < -0.3 is 24.7 Å². The first-order chi connectivity index (χ1) is 25.7. The molecule has 10 heteroatoms. The largest absolute Gasteiger partial charge is 0.454 e. The first-order valence-electron chi connectivity index (χ1n) is 17.4. The first kappa shape index (κ1) is 35.8. The summed E-state index contributed by atoms with van der Waals surface area (Å²) in [5, 5.41) is 21.8. The van der Waals surface area contributed by atoms with Gasteiger partial charge in [0, 0.05) is 41.2 Å². The Morgan fingerprint density at radius 3 is 2.32 bits per heavy atom. The van der Waals surface area contributed by atoms with Crippen molar-refractivity contribution in [3.8, 4) is 11.5 Å². The van der Waals surface area contributed by atoms with Crippen LogP contribution in [0, 0.1) is 5.92 Å². The highest BCUT2D eigenvalue weighted by Crippen LogP contribution is 2.47. The summed E-state index contributed by atoms with van der Waals surface area (Å²) in [6.45, 7) is 2.34. The van der Waals surface area contributed by atoms with Crippen LogP contribution >= 0.6 is 15.9 Å². The van der Waals surface area contributed by atoms with Gasteiger partial charge in [-0.15, -0.1) is 0 Å². The van der Waals surface area contributed by atoms with Gasteiger partial charge in [0.1, 0.15) is 5.75 Å². The number of benzene rings is 5. The van der Waals surface area contributed by atoms with Crippen LogP contribution in [0.2, 0.25) is 0 Å². The number of hydrogen-bond acceptors (Lipinski definition) is 6. The van der Waals surface area contributed by atoms with E-state index in [1.54, 1.807) is 58.0 Å². The Morgan fingerprint density at radius 1 is 0.868 bits per heavy atom. The predicted octanol–water partition coefficient (Wildman–Crippen LogP) is 7.87. The Kier molecular flexibility index (Phi) is 10.3. The third-order valence-electron chi connectivity index (χ3n) is 9.73. The number of rotatable bonds is 11. The fourth-order valence-corrected chi connectivity index (χ4v) is 7.29. The van der Waals surface area contributed by atoms with Crippen LogP contribution in [0.15, 0.2) is 138 Å². The molecular formula is C43H38BrN3O6. The van der Waals surface area contributed by atoms with Gasteiger partial charge in [-0.1, -0.05) is 102 Å². The summed E-state index contributed by atoms with van der Waals surface area (Å²) < 4.78 is 6.86. The number of carbonyl (C=O) groups excluding carboxylic acids is 3. The van der Waals surface area contributed by atoms with Crippen LogP contribution in [-0.2, 0) is 28.3 Å². The van der Waals surface area contributed by atoms with Crippen LogP contribution in [0.4, 0.5) is 17.1 Å². The second kappa shape index (κ2) is 15.2. The molecule has 0 aliphatic carbocycles. The first-order valence-corrected chi connectivity index (χ1v) is 18.2. The van der Waals surface area contributed by atoms with E-state index in [4.69, 9.17) is 4.74 Å². The van der Waals surface area contributed by atoms with E-state index in [1.807, 2.05) is 97.1 Å². The van der Waals surface area contributed by atoms with Crippen molar-refractivity contribution in [2.75, 3.05) is 23.0 Å². The summed E-state index contributed by atoms with van der Waals surface area (Å²) in [5.41, 5.74) is 2.61. The third-order valence-corrected chi connectivity index (χ3v) is 10.2. The fraction of sp³-hybridized carbons (Fsp3) is 0.186. The normalized spacial score (nSPS) is 16.8. The standard InChI is InChI=1S/C43H38BrN3O6/c1-29(10-9-17-40(49)45(24-25-48)27-30-11-3-2-4-12-30)43(52)35-26-32(44)20-23-36(35)46(42(43)51)28-31-18-21-33(22-19-31)47-37-14-6-8-16-39(37)53-38-15-7-5-13-34(38)41(47)50/h2-16,18-23,26,29,48,52H,17,24-25,27-28H2,1H3/b10-9+/t29-,43+/m1/s1. The van der Waals surface area contributed by atoms with Gasteiger partial charge in [0.25, 0.3) is 11.8 Å². The number of halogens is 1. The number of carbonyl (C=O) groups is 3. The molecular weight excluding hydrogens is 734 g/mol. The number of ether oxygens (including phenoxy) is 1. The van der Waals surface area contributed by atoms with Gasteiger partial charge in [0.15, 0.2) is 11.4 Å². The van der Waals surface area contributed by atoms with Gasteiger partial charge in [-0.05, 0) is 65.7 Å². The highest BCUT2D eigenvalue weighted by Gasteiger charge is 2.52. The minimum absolute atomic E-state index is 0.0462. The van der Waals surface area contributed by atoms with Crippen LogP contribution < -0.4 is 14.5 Å². The van der Waals surface area contributed by atoms with Gasteiger partial charge >= 0.3 is 0 Å². The van der Waals surface area contributed by atoms with Crippen LogP contribution in [0.1, 0.15) is 40.4 Å². The van der Waals surface area contributed by atoms with Crippen molar-refractivity contribution in [3.05, 3.63) is 160 Å². The molecule has 0 bridgehead atoms. The summed E-state index contributed by atoms with van der Waals surface area (Å²) in [6.07, 6.45) is 3.43. The quantitative estimate of drug-likeness (QED) is 0.132. The summed E-state index contributed by atoms with van der Waals surface area (Å²) in [6, 6.07) is 36.9. The van der Waals surface area contributed by atoms with Crippen molar-refractivity contribution >= 4 is 50.7 Å². The minimum Gasteiger partial charge on any atom is -0.454 e. The Bertz CT molecular complexity index is 2190. The maximum atomic E-state index is 14.2. The minimum atomic E-state index is -1.89. The fourth-order valence-electron chi connectivity index (χ4n) is 6.93. The van der Waals surface area contributed by atoms with Gasteiger partial charge in [-0.25, -0.2) is 0 Å². The number of nitrogens with zero attached hydrogens (tertiary/aromatic N) is 3. The van der Waals surface area contributed by atoms with E-state index in [-0.39, 0.29) is 37.9 Å². The molecule has 5 aromatic carbocycles. The predicted molar refractivity (Wildman–Crippen MR) is 207 cm³/mol. The van der Waals surface area contributed by atoms with E-state index in [1.165, 1.54) is 0 Å². The maximum absolute atomic E-state index is 14.2. The lowest BCUT2D eigenvalue weighted by Crippen LogP contribution is -2.44. The second-order valence-corrected chi connectivity index (χ2v) is 14.1. The monoisotopic (exact) mass is 771 g/mol. The zero-order valence-electron chi connectivity index (χ0n) is 29.1. The smallest absolute Gasteiger partial charge is 0.266 e. The molecule has 0 aromatic heterocycles. The van der Waals surface area contributed by atoms with Crippen molar-refractivity contribution in [1.29, 1.82) is 0 Å². The summed E-state index contributed by atoms with van der Waals surface area (Å²) in [5.74, 6) is -0.513. The highest BCUT2D eigenvalue weighted by molar-refractivity contribution is 9.10. The van der Waals surface area contributed by atoms with E-state index in [2.05, 4.69) is 15.9 Å². The number of hydrogen-bond donors (Lipinski definition) is 2. The molecule has 5 aromatic rings. The van der Waals surface area contributed by atoms with E-state index in [9.17, 15) is 24.6 Å². The van der Waals surface area contributed by atoms with Crippen LogP contribution in [0.25, 0.3) is 0 Å². The Morgan fingerprint density at radius 2 is 1.57 bits per heavy atom. The van der Waals surface area contributed by atoms with E-state index < -0.39 is 17.4 Å². The van der Waals surface area contributed by atoms with Gasteiger partial charge in [-0.3, -0.25) is 19.3 Å². The van der Waals surface area contributed by atoms with E-state index >= 15 is 0 Å². The Balaban J connectivity index is 1.10. The molecule has 7 rings (SSSR count). The molecule has 0 spiro atoms. The topological polar surface area (TPSA) is 111 Å². The van der Waals surface area contributed by atoms with Crippen molar-refractivity contribution < 1.29 is 29.3 Å². The number of para-hydroxylation sites is 3. The lowest BCUT2D eigenvalue weighted by molar-refractivity contribution is -0.139. The number of anilines is 3. The van der Waals surface area contributed by atoms with Crippen molar-refractivity contribution in [1.82, 2.24) is 4.90 Å². The average molecular weight is 773 g/mol. The number of aliphatic hydroxyl groups excluding tert-OH is 1. The lowest BCUT2D eigenvalue weighted by Gasteiger charge is -2.28. The average Bonchev–Trinajstić information content (AvgIpc) is 3.29. The van der Waals surface area contributed by atoms with Crippen molar-refractivity contribution in [2.24, 2.45) is 5.92 Å². The summed E-state index contributed by atoms with van der Waals surface area (Å²) in [4.78, 5) is 46.1. The summed E-state index contributed by atoms with van der Waals surface area (Å²) in [7, 11) is 0. The molecule has 0 fully saturated rings. The SMILES string of the molecule is C[C@H](/C=C/CC(=O)N(CCO)Cc1ccccc1)[C@@]1(O)C(=O)N(Cc2ccc(N3C(=O)c4ccccc4Oc4ccccc43)cc2)c2ccc(Br)cc21. The molecule has 0 saturated carbocycles. The van der Waals surface area contributed by atoms with Crippen molar-refractivity contribution in [2.45, 2.75) is 32.0 Å². The Labute approximate surface area is 316 Å². The van der Waals surface area contributed by atoms with Gasteiger partial charge in [0.05, 0.1) is 30.1 Å². The van der Waals surface area contributed by atoms with Crippen LogP contribution in [0.5, 0.6) is 11.5 Å². The molecule has 3 amide bonds. The van der Waals surface area contributed by atoms with Crippen molar-refractivity contribution in [3.63, 3.8) is 0 Å². The molecule has 9 nitrogen and oxygen atoms in total. The molecule has 2 atom stereocenters. The van der Waals surface area contributed by atoms with Crippen LogP contribution in [-0.4, -0.2) is 46.0 Å². The molecule has 0 saturated heterocycles. The van der Waals surface area contributed by atoms with Crippen LogP contribution in [0.3, 0.4) is 0 Å². The number of aliphatic hydroxyl groups is 2. The zero-order chi connectivity index (χ0) is 37.1. The molecule has 2 N–H and O–H groups in total. The molecule has 268 valence electrons. The Hall–Kier alpha value is -5.55. The maximum Gasteiger partial charge on any atom is 0.266 e. The molecule has 2 aliphatic rings. The molecule has 0 radical (unpaired) electrons. The number of amides is 3. The molecule has 2 heterocycles. The molecule has 0 unspecified atom stereocenters.